The van der Waals surface area contributed by atoms with Crippen LogP contribution >= 0.6 is 35.3 Å². The number of hydrogen-bond acceptors (Lipinski definition) is 5. The van der Waals surface area contributed by atoms with Crippen LogP contribution in [0.4, 0.5) is 0 Å². The number of thiophene rings is 1. The number of guanidine groups is 1. The lowest BCUT2D eigenvalue weighted by molar-refractivity contribution is 0.369. The van der Waals surface area contributed by atoms with Crippen LogP contribution in [0.5, 0.6) is 17.2 Å². The molecule has 8 heteroatoms. The average molecular weight is 505 g/mol. The molecule has 0 aliphatic rings. The predicted octanol–water partition coefficient (Wildman–Crippen LogP) is 3.96. The van der Waals surface area contributed by atoms with E-state index in [1.165, 1.54) is 9.75 Å². The van der Waals surface area contributed by atoms with Crippen LogP contribution in [0.1, 0.15) is 22.2 Å². The van der Waals surface area contributed by atoms with Crippen molar-refractivity contribution < 1.29 is 14.2 Å². The van der Waals surface area contributed by atoms with Gasteiger partial charge in [-0.05, 0) is 26.0 Å². The third kappa shape index (κ3) is 6.76. The maximum Gasteiger partial charge on any atom is 0.191 e. The summed E-state index contributed by atoms with van der Waals surface area (Å²) in [5.41, 5.74) is 0.875. The number of aryl methyl sites for hydroxylation is 1. The van der Waals surface area contributed by atoms with E-state index in [-0.39, 0.29) is 24.0 Å². The van der Waals surface area contributed by atoms with Crippen molar-refractivity contribution in [1.29, 1.82) is 0 Å². The van der Waals surface area contributed by atoms with Crippen LogP contribution in [0, 0.1) is 6.92 Å². The summed E-state index contributed by atoms with van der Waals surface area (Å²) in [6.07, 6.45) is 0. The Bertz CT molecular complexity index is 725. The fourth-order valence-electron chi connectivity index (χ4n) is 2.48. The summed E-state index contributed by atoms with van der Waals surface area (Å²) in [7, 11) is 4.87. The molecule has 0 aliphatic heterocycles. The van der Waals surface area contributed by atoms with Crippen LogP contribution in [0.15, 0.2) is 29.3 Å². The lowest BCUT2D eigenvalue weighted by Crippen LogP contribution is -2.36. The van der Waals surface area contributed by atoms with Gasteiger partial charge in [0, 0.05) is 28.4 Å². The molecule has 0 radical (unpaired) electrons. The average Bonchev–Trinajstić information content (AvgIpc) is 3.08. The van der Waals surface area contributed by atoms with Gasteiger partial charge in [-0.1, -0.05) is 0 Å². The molecule has 27 heavy (non-hydrogen) atoms. The van der Waals surface area contributed by atoms with E-state index in [1.807, 2.05) is 19.1 Å². The summed E-state index contributed by atoms with van der Waals surface area (Å²) in [4.78, 5) is 7.25. The van der Waals surface area contributed by atoms with Gasteiger partial charge in [0.2, 0.25) is 0 Å². The second kappa shape index (κ2) is 11.9. The molecule has 0 unspecified atom stereocenters. The predicted molar refractivity (Wildman–Crippen MR) is 122 cm³/mol. The summed E-state index contributed by atoms with van der Waals surface area (Å²) in [6.45, 7) is 6.10. The van der Waals surface area contributed by atoms with E-state index in [0.717, 1.165) is 24.6 Å². The zero-order chi connectivity index (χ0) is 18.9. The molecular weight excluding hydrogens is 477 g/mol. The number of aliphatic imine (C=N–C) groups is 1. The number of nitrogens with zero attached hydrogens (tertiary/aromatic N) is 1. The molecule has 2 aromatic rings. The summed E-state index contributed by atoms with van der Waals surface area (Å²) in [5, 5.41) is 6.63. The van der Waals surface area contributed by atoms with Gasteiger partial charge in [-0.3, -0.25) is 0 Å². The second-order valence-corrected chi connectivity index (χ2v) is 6.94. The van der Waals surface area contributed by atoms with Crippen LogP contribution in [0.2, 0.25) is 0 Å². The van der Waals surface area contributed by atoms with E-state index in [0.29, 0.717) is 23.8 Å². The Hall–Kier alpha value is -1.68. The molecule has 1 aromatic heterocycles. The fraction of sp³-hybridized carbons (Fsp3) is 0.421. The van der Waals surface area contributed by atoms with Crippen molar-refractivity contribution in [3.8, 4) is 17.2 Å². The molecule has 0 saturated carbocycles. The topological polar surface area (TPSA) is 64.1 Å². The van der Waals surface area contributed by atoms with Gasteiger partial charge < -0.3 is 24.8 Å². The number of rotatable bonds is 8. The number of halogens is 1. The standard InChI is InChI=1S/C19H27N3O3S.HI/c1-6-20-19(21-11-15-8-7-13(2)26-15)22-12-16-17(24-4)9-14(23-3)10-18(16)25-5;/h7-10H,6,11-12H2,1-5H3,(H2,20,21,22);1H. The zero-order valence-electron chi connectivity index (χ0n) is 16.4. The first kappa shape index (κ1) is 23.4. The van der Waals surface area contributed by atoms with Gasteiger partial charge in [0.25, 0.3) is 0 Å². The summed E-state index contributed by atoms with van der Waals surface area (Å²) in [6, 6.07) is 7.93. The highest BCUT2D eigenvalue weighted by atomic mass is 127. The molecule has 1 heterocycles. The Morgan fingerprint density at radius 1 is 1.04 bits per heavy atom. The first-order valence-corrected chi connectivity index (χ1v) is 9.29. The van der Waals surface area contributed by atoms with Crippen LogP contribution < -0.4 is 24.8 Å². The highest BCUT2D eigenvalue weighted by molar-refractivity contribution is 14.0. The van der Waals surface area contributed by atoms with Crippen molar-refractivity contribution in [1.82, 2.24) is 10.6 Å². The van der Waals surface area contributed by atoms with Crippen LogP contribution in [-0.2, 0) is 13.1 Å². The Morgan fingerprint density at radius 2 is 1.70 bits per heavy atom. The summed E-state index contributed by atoms with van der Waals surface area (Å²) >= 11 is 1.78. The minimum absolute atomic E-state index is 0. The summed E-state index contributed by atoms with van der Waals surface area (Å²) < 4.78 is 16.3. The smallest absolute Gasteiger partial charge is 0.191 e. The molecule has 0 bridgehead atoms. The Labute approximate surface area is 182 Å². The molecule has 0 fully saturated rings. The summed E-state index contributed by atoms with van der Waals surface area (Å²) in [5.74, 6) is 2.81. The second-order valence-electron chi connectivity index (χ2n) is 5.57. The molecule has 2 rings (SSSR count). The quantitative estimate of drug-likeness (QED) is 0.323. The molecule has 0 amide bonds. The van der Waals surface area contributed by atoms with Gasteiger partial charge in [-0.15, -0.1) is 35.3 Å². The first-order chi connectivity index (χ1) is 12.6. The van der Waals surface area contributed by atoms with Crippen molar-refractivity contribution in [3.05, 3.63) is 39.6 Å². The van der Waals surface area contributed by atoms with Gasteiger partial charge in [0.05, 0.1) is 40.0 Å². The van der Waals surface area contributed by atoms with Gasteiger partial charge in [-0.2, -0.15) is 0 Å². The number of benzene rings is 1. The monoisotopic (exact) mass is 505 g/mol. The highest BCUT2D eigenvalue weighted by Crippen LogP contribution is 2.34. The maximum atomic E-state index is 5.49. The number of nitrogens with one attached hydrogen (secondary N) is 2. The molecule has 0 spiro atoms. The zero-order valence-corrected chi connectivity index (χ0v) is 19.6. The number of hydrogen-bond donors (Lipinski definition) is 2. The number of methoxy groups -OCH3 is 3. The lowest BCUT2D eigenvalue weighted by Gasteiger charge is -2.15. The SMILES string of the molecule is CCNC(=NCc1c(OC)cc(OC)cc1OC)NCc1ccc(C)s1.I. The van der Waals surface area contributed by atoms with Crippen molar-refractivity contribution in [2.24, 2.45) is 4.99 Å². The Morgan fingerprint density at radius 3 is 2.19 bits per heavy atom. The molecule has 1 aromatic carbocycles. The molecular formula is C19H28IN3O3S. The van der Waals surface area contributed by atoms with Crippen molar-refractivity contribution in [2.75, 3.05) is 27.9 Å². The van der Waals surface area contributed by atoms with Gasteiger partial charge >= 0.3 is 0 Å². The van der Waals surface area contributed by atoms with Crippen molar-refractivity contribution in [2.45, 2.75) is 26.9 Å². The largest absolute Gasteiger partial charge is 0.496 e. The van der Waals surface area contributed by atoms with Gasteiger partial charge in [0.15, 0.2) is 5.96 Å². The van der Waals surface area contributed by atoms with Crippen LogP contribution in [0.3, 0.4) is 0 Å². The highest BCUT2D eigenvalue weighted by Gasteiger charge is 2.13. The van der Waals surface area contributed by atoms with E-state index < -0.39 is 0 Å². The van der Waals surface area contributed by atoms with E-state index in [2.05, 4.69) is 34.7 Å². The molecule has 2 N–H and O–H groups in total. The molecule has 0 atom stereocenters. The third-order valence-electron chi connectivity index (χ3n) is 3.78. The van der Waals surface area contributed by atoms with E-state index >= 15 is 0 Å². The van der Waals surface area contributed by atoms with E-state index in [4.69, 9.17) is 14.2 Å². The fourth-order valence-corrected chi connectivity index (χ4v) is 3.31. The lowest BCUT2D eigenvalue weighted by atomic mass is 10.1. The Balaban J connectivity index is 0.00000364. The third-order valence-corrected chi connectivity index (χ3v) is 4.78. The van der Waals surface area contributed by atoms with Gasteiger partial charge in [0.1, 0.15) is 17.2 Å². The minimum atomic E-state index is 0. The number of ether oxygens (including phenoxy) is 3. The molecule has 0 saturated heterocycles. The normalized spacial score (nSPS) is 10.8. The van der Waals surface area contributed by atoms with E-state index in [1.54, 1.807) is 32.7 Å². The maximum absolute atomic E-state index is 5.49. The minimum Gasteiger partial charge on any atom is -0.496 e. The van der Waals surface area contributed by atoms with Crippen molar-refractivity contribution >= 4 is 41.3 Å². The Kier molecular flexibility index (Phi) is 10.3. The molecule has 6 nitrogen and oxygen atoms in total. The molecule has 150 valence electrons. The van der Waals surface area contributed by atoms with Crippen LogP contribution in [0.25, 0.3) is 0 Å². The van der Waals surface area contributed by atoms with E-state index in [9.17, 15) is 0 Å². The van der Waals surface area contributed by atoms with Crippen LogP contribution in [-0.4, -0.2) is 33.8 Å². The molecule has 0 aliphatic carbocycles. The van der Waals surface area contributed by atoms with Crippen molar-refractivity contribution in [3.63, 3.8) is 0 Å². The van der Waals surface area contributed by atoms with Gasteiger partial charge in [-0.25, -0.2) is 4.99 Å². The first-order valence-electron chi connectivity index (χ1n) is 8.47.